The summed E-state index contributed by atoms with van der Waals surface area (Å²) in [6.45, 7) is 1.41. The Labute approximate surface area is 179 Å². The van der Waals surface area contributed by atoms with Gasteiger partial charge in [0.1, 0.15) is 11.5 Å². The average molecular weight is 413 g/mol. The zero-order chi connectivity index (χ0) is 21.9. The van der Waals surface area contributed by atoms with Crippen LogP contribution in [0.2, 0.25) is 0 Å². The maximum atomic E-state index is 12.1. The first kappa shape index (κ1) is 23.1. The number of hydrogen-bond acceptors (Lipinski definition) is 4. The summed E-state index contributed by atoms with van der Waals surface area (Å²) in [5.74, 6) is 2.39. The number of amides is 1. The first-order valence-electron chi connectivity index (χ1n) is 9.94. The van der Waals surface area contributed by atoms with E-state index in [2.05, 4.69) is 15.6 Å². The molecule has 0 fully saturated rings. The molecule has 0 saturated heterocycles. The number of methoxy groups -OCH3 is 2. The van der Waals surface area contributed by atoms with Crippen molar-refractivity contribution < 1.29 is 14.3 Å². The zero-order valence-corrected chi connectivity index (χ0v) is 18.5. The molecule has 0 unspecified atom stereocenters. The average Bonchev–Trinajstić information content (AvgIpc) is 2.77. The summed E-state index contributed by atoms with van der Waals surface area (Å²) in [6, 6.07) is 13.5. The third-order valence-corrected chi connectivity index (χ3v) is 4.68. The molecule has 30 heavy (non-hydrogen) atoms. The molecule has 7 heteroatoms. The van der Waals surface area contributed by atoms with Crippen molar-refractivity contribution in [3.63, 3.8) is 0 Å². The molecule has 2 aromatic carbocycles. The number of nitrogens with zero attached hydrogens (tertiary/aromatic N) is 2. The fraction of sp³-hybridized carbons (Fsp3) is 0.391. The highest BCUT2D eigenvalue weighted by atomic mass is 16.5. The first-order valence-corrected chi connectivity index (χ1v) is 9.94. The Morgan fingerprint density at radius 3 is 2.37 bits per heavy atom. The van der Waals surface area contributed by atoms with Gasteiger partial charge < -0.3 is 25.0 Å². The van der Waals surface area contributed by atoms with Gasteiger partial charge in [0.2, 0.25) is 0 Å². The van der Waals surface area contributed by atoms with Gasteiger partial charge in [-0.3, -0.25) is 9.79 Å². The number of carbonyl (C=O) groups is 1. The van der Waals surface area contributed by atoms with E-state index >= 15 is 0 Å². The molecule has 0 aromatic heterocycles. The molecule has 2 N–H and O–H groups in total. The van der Waals surface area contributed by atoms with Crippen LogP contribution in [0.5, 0.6) is 11.5 Å². The second-order valence-corrected chi connectivity index (χ2v) is 7.00. The van der Waals surface area contributed by atoms with Crippen LogP contribution in [-0.4, -0.2) is 65.2 Å². The number of benzene rings is 2. The van der Waals surface area contributed by atoms with E-state index < -0.39 is 0 Å². The molecule has 0 bridgehead atoms. The second-order valence-electron chi connectivity index (χ2n) is 7.00. The van der Waals surface area contributed by atoms with E-state index in [4.69, 9.17) is 9.47 Å². The van der Waals surface area contributed by atoms with Crippen LogP contribution in [0.3, 0.4) is 0 Å². The summed E-state index contributed by atoms with van der Waals surface area (Å²) < 4.78 is 10.7. The van der Waals surface area contributed by atoms with Crippen molar-refractivity contribution in [1.82, 2.24) is 15.5 Å². The standard InChI is InChI=1S/C23H32N4O3/c1-24-23(26-14-12-18-16-20(29-4)9-10-21(18)30-5)25-13-11-17-7-6-8-19(15-17)22(28)27(2)3/h6-10,15-16H,11-14H2,1-5H3,(H2,24,25,26). The van der Waals surface area contributed by atoms with Crippen molar-refractivity contribution in [2.24, 2.45) is 4.99 Å². The third-order valence-electron chi connectivity index (χ3n) is 4.68. The minimum atomic E-state index is 0.00950. The predicted octanol–water partition coefficient (Wildman–Crippen LogP) is 2.36. The van der Waals surface area contributed by atoms with Crippen molar-refractivity contribution in [2.75, 3.05) is 48.5 Å². The normalized spacial score (nSPS) is 11.0. The van der Waals surface area contributed by atoms with Crippen molar-refractivity contribution in [3.05, 3.63) is 59.2 Å². The van der Waals surface area contributed by atoms with Crippen molar-refractivity contribution in [3.8, 4) is 11.5 Å². The van der Waals surface area contributed by atoms with Crippen LogP contribution >= 0.6 is 0 Å². The largest absolute Gasteiger partial charge is 0.497 e. The lowest BCUT2D eigenvalue weighted by molar-refractivity contribution is 0.0827. The van der Waals surface area contributed by atoms with Gasteiger partial charge in [-0.1, -0.05) is 12.1 Å². The van der Waals surface area contributed by atoms with Crippen LogP contribution < -0.4 is 20.1 Å². The molecule has 162 valence electrons. The Morgan fingerprint density at radius 1 is 1.00 bits per heavy atom. The fourth-order valence-corrected chi connectivity index (χ4v) is 3.06. The van der Waals surface area contributed by atoms with E-state index in [9.17, 15) is 4.79 Å². The summed E-state index contributed by atoms with van der Waals surface area (Å²) in [6.07, 6.45) is 1.56. The summed E-state index contributed by atoms with van der Waals surface area (Å²) >= 11 is 0. The Hall–Kier alpha value is -3.22. The topological polar surface area (TPSA) is 75.2 Å². The van der Waals surface area contributed by atoms with Crippen LogP contribution in [0, 0.1) is 0 Å². The molecule has 0 aliphatic carbocycles. The van der Waals surface area contributed by atoms with Gasteiger partial charge >= 0.3 is 0 Å². The van der Waals surface area contributed by atoms with Crippen LogP contribution in [0.25, 0.3) is 0 Å². The molecular formula is C23H32N4O3. The summed E-state index contributed by atoms with van der Waals surface area (Å²) in [7, 11) is 8.58. The lowest BCUT2D eigenvalue weighted by atomic mass is 10.1. The van der Waals surface area contributed by atoms with Crippen molar-refractivity contribution >= 4 is 11.9 Å². The molecule has 2 rings (SSSR count). The SMILES string of the molecule is CN=C(NCCc1cccc(C(=O)N(C)C)c1)NCCc1cc(OC)ccc1OC. The van der Waals surface area contributed by atoms with E-state index in [1.165, 1.54) is 0 Å². The minimum absolute atomic E-state index is 0.00950. The summed E-state index contributed by atoms with van der Waals surface area (Å²) in [5.41, 5.74) is 2.88. The molecule has 1 amide bonds. The van der Waals surface area contributed by atoms with Gasteiger partial charge in [-0.25, -0.2) is 0 Å². The van der Waals surface area contributed by atoms with Gasteiger partial charge in [0.05, 0.1) is 14.2 Å². The van der Waals surface area contributed by atoms with Crippen molar-refractivity contribution in [2.45, 2.75) is 12.8 Å². The number of carbonyl (C=O) groups excluding carboxylic acids is 1. The highest BCUT2D eigenvalue weighted by Gasteiger charge is 2.09. The molecule has 0 heterocycles. The monoisotopic (exact) mass is 412 g/mol. The van der Waals surface area contributed by atoms with Crippen molar-refractivity contribution in [1.29, 1.82) is 0 Å². The lowest BCUT2D eigenvalue weighted by Crippen LogP contribution is -2.39. The van der Waals surface area contributed by atoms with Crippen LogP contribution in [-0.2, 0) is 12.8 Å². The molecule has 0 saturated carbocycles. The van der Waals surface area contributed by atoms with E-state index in [0.29, 0.717) is 18.7 Å². The molecule has 0 atom stereocenters. The second kappa shape index (κ2) is 11.7. The highest BCUT2D eigenvalue weighted by Crippen LogP contribution is 2.24. The quantitative estimate of drug-likeness (QED) is 0.489. The fourth-order valence-electron chi connectivity index (χ4n) is 3.06. The third kappa shape index (κ3) is 6.69. The minimum Gasteiger partial charge on any atom is -0.497 e. The van der Waals surface area contributed by atoms with Crippen LogP contribution in [0.15, 0.2) is 47.5 Å². The Balaban J connectivity index is 1.83. The molecule has 0 aliphatic heterocycles. The van der Waals surface area contributed by atoms with Gasteiger partial charge in [-0.15, -0.1) is 0 Å². The number of nitrogens with one attached hydrogen (secondary N) is 2. The zero-order valence-electron chi connectivity index (χ0n) is 18.5. The Kier molecular flexibility index (Phi) is 9.00. The van der Waals surface area contributed by atoms with Gasteiger partial charge in [0.15, 0.2) is 5.96 Å². The van der Waals surface area contributed by atoms with E-state index in [1.54, 1.807) is 40.3 Å². The van der Waals surface area contributed by atoms with E-state index in [0.717, 1.165) is 41.4 Å². The summed E-state index contributed by atoms with van der Waals surface area (Å²) in [5, 5.41) is 6.63. The number of ether oxygens (including phenoxy) is 2. The number of hydrogen-bond donors (Lipinski definition) is 2. The van der Waals surface area contributed by atoms with Gasteiger partial charge in [0.25, 0.3) is 5.91 Å². The maximum Gasteiger partial charge on any atom is 0.253 e. The van der Waals surface area contributed by atoms with Gasteiger partial charge in [-0.05, 0) is 54.3 Å². The number of guanidine groups is 1. The van der Waals surface area contributed by atoms with E-state index in [1.807, 2.05) is 42.5 Å². The number of aliphatic imine (C=N–C) groups is 1. The molecule has 7 nitrogen and oxygen atoms in total. The predicted molar refractivity (Wildman–Crippen MR) is 121 cm³/mol. The Bertz CT molecular complexity index is 865. The maximum absolute atomic E-state index is 12.1. The molecule has 0 spiro atoms. The molecule has 2 aromatic rings. The summed E-state index contributed by atoms with van der Waals surface area (Å²) in [4.78, 5) is 18.0. The molecule has 0 aliphatic rings. The van der Waals surface area contributed by atoms with Gasteiger partial charge in [0, 0.05) is 39.8 Å². The first-order chi connectivity index (χ1) is 14.5. The molecular weight excluding hydrogens is 380 g/mol. The van der Waals surface area contributed by atoms with Crippen LogP contribution in [0.4, 0.5) is 0 Å². The number of rotatable bonds is 9. The Morgan fingerprint density at radius 2 is 1.73 bits per heavy atom. The van der Waals surface area contributed by atoms with E-state index in [-0.39, 0.29) is 5.91 Å². The lowest BCUT2D eigenvalue weighted by Gasteiger charge is -2.14. The molecule has 0 radical (unpaired) electrons. The highest BCUT2D eigenvalue weighted by molar-refractivity contribution is 5.94. The smallest absolute Gasteiger partial charge is 0.253 e. The van der Waals surface area contributed by atoms with Gasteiger partial charge in [-0.2, -0.15) is 0 Å². The van der Waals surface area contributed by atoms with Crippen LogP contribution in [0.1, 0.15) is 21.5 Å².